The second-order valence-corrected chi connectivity index (χ2v) is 7.99. The second kappa shape index (κ2) is 10.4. The van der Waals surface area contributed by atoms with Crippen molar-refractivity contribution in [2.45, 2.75) is 18.9 Å². The summed E-state index contributed by atoms with van der Waals surface area (Å²) in [7, 11) is 6.38. The SMILES string of the molecule is CNc1ccc2c(cc1=O)[C@@H](NC(=O)Oc1ccccc1)CCc1cc(OC)c(OC)c(OC)c1-2. The van der Waals surface area contributed by atoms with E-state index in [0.29, 0.717) is 47.1 Å². The van der Waals surface area contributed by atoms with Crippen LogP contribution in [0.4, 0.5) is 10.5 Å². The summed E-state index contributed by atoms with van der Waals surface area (Å²) in [5, 5.41) is 5.88. The maximum absolute atomic E-state index is 13.0. The molecule has 0 radical (unpaired) electrons. The van der Waals surface area contributed by atoms with Gasteiger partial charge in [-0.15, -0.1) is 0 Å². The Kier molecular flexibility index (Phi) is 7.10. The number of hydrogen-bond donors (Lipinski definition) is 2. The van der Waals surface area contributed by atoms with E-state index in [2.05, 4.69) is 10.6 Å². The van der Waals surface area contributed by atoms with Gasteiger partial charge in [0.15, 0.2) is 11.5 Å². The number of amides is 1. The molecule has 0 bridgehead atoms. The van der Waals surface area contributed by atoms with Crippen LogP contribution in [-0.4, -0.2) is 34.5 Å². The maximum atomic E-state index is 13.0. The highest BCUT2D eigenvalue weighted by molar-refractivity contribution is 5.83. The van der Waals surface area contributed by atoms with Crippen molar-refractivity contribution in [3.05, 3.63) is 75.9 Å². The highest BCUT2D eigenvalue weighted by Gasteiger charge is 2.30. The number of anilines is 1. The van der Waals surface area contributed by atoms with Crippen LogP contribution in [0.1, 0.15) is 23.6 Å². The predicted molar refractivity (Wildman–Crippen MR) is 134 cm³/mol. The highest BCUT2D eigenvalue weighted by Crippen LogP contribution is 2.50. The van der Waals surface area contributed by atoms with Gasteiger partial charge in [0.2, 0.25) is 11.2 Å². The molecule has 0 spiro atoms. The summed E-state index contributed by atoms with van der Waals surface area (Å²) in [5.41, 5.74) is 3.39. The number of nitrogens with one attached hydrogen (secondary N) is 2. The first-order chi connectivity index (χ1) is 17.0. The Morgan fingerprint density at radius 3 is 2.34 bits per heavy atom. The third-order valence-corrected chi connectivity index (χ3v) is 6.05. The molecule has 0 unspecified atom stereocenters. The van der Waals surface area contributed by atoms with Gasteiger partial charge in [0.25, 0.3) is 0 Å². The molecule has 35 heavy (non-hydrogen) atoms. The van der Waals surface area contributed by atoms with Crippen LogP contribution in [-0.2, 0) is 6.42 Å². The van der Waals surface area contributed by atoms with Gasteiger partial charge in [-0.25, -0.2) is 4.79 Å². The number of fused-ring (bicyclic) bond motifs is 3. The number of rotatable bonds is 6. The van der Waals surface area contributed by atoms with Gasteiger partial charge < -0.3 is 29.6 Å². The van der Waals surface area contributed by atoms with Crippen LogP contribution in [0.25, 0.3) is 11.1 Å². The average Bonchev–Trinajstić information content (AvgIpc) is 3.11. The fraction of sp³-hybridized carbons (Fsp3) is 0.259. The summed E-state index contributed by atoms with van der Waals surface area (Å²) in [4.78, 5) is 25.8. The Labute approximate surface area is 203 Å². The van der Waals surface area contributed by atoms with E-state index >= 15 is 0 Å². The lowest BCUT2D eigenvalue weighted by atomic mass is 9.95. The molecule has 0 saturated heterocycles. The Balaban J connectivity index is 1.87. The number of methoxy groups -OCH3 is 3. The van der Waals surface area contributed by atoms with Crippen molar-refractivity contribution in [1.82, 2.24) is 5.32 Å². The maximum Gasteiger partial charge on any atom is 0.413 e. The van der Waals surface area contributed by atoms with Gasteiger partial charge >= 0.3 is 6.09 Å². The molecule has 0 heterocycles. The Hall–Kier alpha value is -4.20. The zero-order valence-corrected chi connectivity index (χ0v) is 20.1. The van der Waals surface area contributed by atoms with E-state index in [1.165, 1.54) is 0 Å². The van der Waals surface area contributed by atoms with E-state index in [1.807, 2.05) is 18.2 Å². The van der Waals surface area contributed by atoms with E-state index in [9.17, 15) is 9.59 Å². The van der Waals surface area contributed by atoms with Crippen molar-refractivity contribution in [2.24, 2.45) is 0 Å². The minimum atomic E-state index is -0.604. The molecule has 1 aliphatic rings. The zero-order chi connectivity index (χ0) is 24.9. The summed E-state index contributed by atoms with van der Waals surface area (Å²) in [6.07, 6.45) is 0.516. The van der Waals surface area contributed by atoms with Gasteiger partial charge in [-0.2, -0.15) is 0 Å². The molecular weight excluding hydrogens is 448 g/mol. The Bertz CT molecular complexity index is 1290. The molecule has 1 amide bonds. The second-order valence-electron chi connectivity index (χ2n) is 7.99. The van der Waals surface area contributed by atoms with Crippen molar-refractivity contribution in [1.29, 1.82) is 0 Å². The first kappa shape index (κ1) is 23.9. The molecule has 1 atom stereocenters. The lowest BCUT2D eigenvalue weighted by Crippen LogP contribution is -2.31. The number of carbonyl (C=O) groups is 1. The quantitative estimate of drug-likeness (QED) is 0.539. The highest BCUT2D eigenvalue weighted by atomic mass is 16.6. The molecule has 8 nitrogen and oxygen atoms in total. The fourth-order valence-corrected chi connectivity index (χ4v) is 4.44. The molecule has 0 saturated carbocycles. The normalized spacial score (nSPS) is 14.0. The van der Waals surface area contributed by atoms with Gasteiger partial charge in [-0.1, -0.05) is 24.3 Å². The van der Waals surface area contributed by atoms with Gasteiger partial charge in [-0.05, 0) is 59.9 Å². The molecule has 0 aromatic heterocycles. The molecule has 3 aromatic carbocycles. The van der Waals surface area contributed by atoms with Crippen LogP contribution in [0.2, 0.25) is 0 Å². The third-order valence-electron chi connectivity index (χ3n) is 6.05. The molecule has 2 N–H and O–H groups in total. The van der Waals surface area contributed by atoms with Crippen LogP contribution in [0.15, 0.2) is 59.4 Å². The summed E-state index contributed by atoms with van der Waals surface area (Å²) < 4.78 is 22.4. The number of para-hydroxylation sites is 1. The largest absolute Gasteiger partial charge is 0.493 e. The van der Waals surface area contributed by atoms with E-state index in [-0.39, 0.29) is 5.43 Å². The molecule has 182 valence electrons. The van der Waals surface area contributed by atoms with Crippen LogP contribution in [0.5, 0.6) is 23.0 Å². The van der Waals surface area contributed by atoms with E-state index in [0.717, 1.165) is 16.7 Å². The Morgan fingerprint density at radius 1 is 0.943 bits per heavy atom. The molecule has 3 aromatic rings. The summed E-state index contributed by atoms with van der Waals surface area (Å²) in [6, 6.07) is 15.4. The monoisotopic (exact) mass is 476 g/mol. The molecule has 1 aliphatic carbocycles. The van der Waals surface area contributed by atoms with E-state index in [1.54, 1.807) is 64.8 Å². The number of ether oxygens (including phenoxy) is 4. The minimum absolute atomic E-state index is 0.195. The zero-order valence-electron chi connectivity index (χ0n) is 20.1. The summed E-state index contributed by atoms with van der Waals surface area (Å²) in [6.45, 7) is 0. The van der Waals surface area contributed by atoms with Crippen molar-refractivity contribution >= 4 is 11.8 Å². The molecular formula is C27H28N2O6. The van der Waals surface area contributed by atoms with Gasteiger partial charge in [0.05, 0.1) is 33.1 Å². The lowest BCUT2D eigenvalue weighted by Gasteiger charge is -2.20. The van der Waals surface area contributed by atoms with Crippen LogP contribution < -0.4 is 35.0 Å². The smallest absolute Gasteiger partial charge is 0.413 e. The fourth-order valence-electron chi connectivity index (χ4n) is 4.44. The van der Waals surface area contributed by atoms with Crippen molar-refractivity contribution in [3.63, 3.8) is 0 Å². The standard InChI is InChI=1S/C27H28N2O6/c1-28-21-13-11-18-19(15-22(21)30)20(29-27(31)35-17-8-6-5-7-9-17)12-10-16-14-23(32-2)25(33-3)26(34-4)24(16)18/h5-9,11,13-15,20H,10,12H2,1-4H3,(H,28,30)(H,29,31)/t20-/m0/s1. The molecule has 0 aliphatic heterocycles. The van der Waals surface area contributed by atoms with Gasteiger partial charge in [-0.3, -0.25) is 4.79 Å². The molecule has 4 rings (SSSR count). The topological polar surface area (TPSA) is 95.1 Å². The van der Waals surface area contributed by atoms with Crippen molar-refractivity contribution < 1.29 is 23.7 Å². The first-order valence-electron chi connectivity index (χ1n) is 11.2. The summed E-state index contributed by atoms with van der Waals surface area (Å²) >= 11 is 0. The van der Waals surface area contributed by atoms with Gasteiger partial charge in [0.1, 0.15) is 5.75 Å². The number of aryl methyl sites for hydroxylation is 1. The molecule has 0 fully saturated rings. The Morgan fingerprint density at radius 2 is 1.69 bits per heavy atom. The number of hydrogen-bond acceptors (Lipinski definition) is 7. The average molecular weight is 477 g/mol. The lowest BCUT2D eigenvalue weighted by molar-refractivity contribution is 0.195. The first-order valence-corrected chi connectivity index (χ1v) is 11.2. The van der Waals surface area contributed by atoms with E-state index < -0.39 is 12.1 Å². The summed E-state index contributed by atoms with van der Waals surface area (Å²) in [5.74, 6) is 1.93. The predicted octanol–water partition coefficient (Wildman–Crippen LogP) is 4.56. The van der Waals surface area contributed by atoms with Crippen molar-refractivity contribution in [3.8, 4) is 34.1 Å². The van der Waals surface area contributed by atoms with Gasteiger partial charge in [0, 0.05) is 12.6 Å². The van der Waals surface area contributed by atoms with Crippen molar-refractivity contribution in [2.75, 3.05) is 33.7 Å². The van der Waals surface area contributed by atoms with Crippen LogP contribution in [0, 0.1) is 0 Å². The van der Waals surface area contributed by atoms with E-state index in [4.69, 9.17) is 18.9 Å². The number of benzene rings is 2. The van der Waals surface area contributed by atoms with Crippen LogP contribution >= 0.6 is 0 Å². The third kappa shape index (κ3) is 4.73. The number of carbonyl (C=O) groups excluding carboxylic acids is 1. The van der Waals surface area contributed by atoms with Crippen LogP contribution in [0.3, 0.4) is 0 Å². The minimum Gasteiger partial charge on any atom is -0.493 e. The molecule has 8 heteroatoms.